The molecule has 1 N–H and O–H groups in total. The molecule has 0 aliphatic heterocycles. The van der Waals surface area contributed by atoms with Gasteiger partial charge in [-0.2, -0.15) is 14.0 Å². The van der Waals surface area contributed by atoms with Gasteiger partial charge in [0.1, 0.15) is 0 Å². The molecule has 0 aromatic heterocycles. The number of rotatable bonds is 31. The van der Waals surface area contributed by atoms with Gasteiger partial charge < -0.3 is 19.1 Å². The Labute approximate surface area is 460 Å². The van der Waals surface area contributed by atoms with Gasteiger partial charge in [0.25, 0.3) is 0 Å². The van der Waals surface area contributed by atoms with Gasteiger partial charge in [-0.1, -0.05) is 133 Å². The Bertz CT molecular complexity index is 2530. The fourth-order valence-corrected chi connectivity index (χ4v) is 14.2. The van der Waals surface area contributed by atoms with Crippen molar-refractivity contribution in [3.05, 3.63) is 101 Å². The molecule has 418 valence electrons. The maximum Gasteiger partial charge on any atom is 0.227 e. The SMILES string of the molecule is CCC(CC)(CC(c1c(F)c(F)c(OCCCCSC(=O)c2ccccc2)c(F)c1F)C(C)(CC)C(C)(C)CC(C)(C(=O)NCCC[N+](C)(C)CCCS(=O)(=O)[O-])C(C)(CC)SC(=S)c1ccccc1)C(C)(C)C#N. The number of thioether (sulfide) groups is 2. The summed E-state index contributed by atoms with van der Waals surface area (Å²) in [4.78, 5) is 27.9. The molecule has 3 rings (SSSR count). The van der Waals surface area contributed by atoms with Crippen LogP contribution in [0.5, 0.6) is 5.75 Å². The molecule has 0 bridgehead atoms. The van der Waals surface area contributed by atoms with E-state index in [2.05, 4.69) is 11.4 Å². The minimum atomic E-state index is -4.36. The second-order valence-corrected chi connectivity index (χ2v) is 27.4. The van der Waals surface area contributed by atoms with Crippen LogP contribution in [0.1, 0.15) is 168 Å². The largest absolute Gasteiger partial charge is 0.748 e. The van der Waals surface area contributed by atoms with E-state index < -0.39 is 88.2 Å². The summed E-state index contributed by atoms with van der Waals surface area (Å²) in [5, 5.41) is 13.8. The summed E-state index contributed by atoms with van der Waals surface area (Å²) >= 11 is 8.57. The van der Waals surface area contributed by atoms with E-state index in [4.69, 9.17) is 17.0 Å². The second-order valence-electron chi connectivity index (χ2n) is 22.6. The molecule has 0 saturated carbocycles. The molecule has 1 amide bonds. The first-order valence-electron chi connectivity index (χ1n) is 26.3. The smallest absolute Gasteiger partial charge is 0.227 e. The van der Waals surface area contributed by atoms with E-state index in [0.717, 1.165) is 17.3 Å². The Balaban J connectivity index is 2.19. The molecule has 75 heavy (non-hydrogen) atoms. The highest BCUT2D eigenvalue weighted by atomic mass is 32.2. The van der Waals surface area contributed by atoms with Crippen LogP contribution in [0.15, 0.2) is 60.7 Å². The maximum atomic E-state index is 17.4. The number of quaternary nitrogens is 1. The normalized spacial score (nSPS) is 15.5. The number of nitrogens with zero attached hydrogens (tertiary/aromatic N) is 2. The average molecular weight is 1120 g/mol. The van der Waals surface area contributed by atoms with Gasteiger partial charge in [-0.05, 0) is 107 Å². The number of carbonyl (C=O) groups excluding carboxylic acids is 2. The zero-order valence-corrected chi connectivity index (χ0v) is 49.9. The Hall–Kier alpha value is -3.53. The minimum absolute atomic E-state index is 0.0315. The van der Waals surface area contributed by atoms with E-state index in [9.17, 15) is 23.0 Å². The second kappa shape index (κ2) is 27.4. The number of ether oxygens (including phenoxy) is 1. The highest BCUT2D eigenvalue weighted by Gasteiger charge is 2.59. The average Bonchev–Trinajstić information content (AvgIpc) is 3.36. The quantitative estimate of drug-likeness (QED) is 0.0166. The van der Waals surface area contributed by atoms with Crippen molar-refractivity contribution in [2.24, 2.45) is 27.1 Å². The van der Waals surface area contributed by atoms with Crippen LogP contribution in [0.25, 0.3) is 0 Å². The maximum absolute atomic E-state index is 17.4. The van der Waals surface area contributed by atoms with Crippen LogP contribution < -0.4 is 10.1 Å². The number of amides is 1. The number of hydrogen-bond acceptors (Lipinski definition) is 10. The van der Waals surface area contributed by atoms with Gasteiger partial charge in [0.05, 0.1) is 65.0 Å². The summed E-state index contributed by atoms with van der Waals surface area (Å²) in [5.41, 5.74) is -4.98. The molecule has 3 aromatic carbocycles. The topological polar surface area (TPSA) is 136 Å². The summed E-state index contributed by atoms with van der Waals surface area (Å²) in [6.45, 7) is 21.9. The van der Waals surface area contributed by atoms with Crippen molar-refractivity contribution in [2.75, 3.05) is 51.8 Å². The van der Waals surface area contributed by atoms with Crippen molar-refractivity contribution in [1.29, 1.82) is 5.26 Å². The predicted octanol–water partition coefficient (Wildman–Crippen LogP) is 14.4. The van der Waals surface area contributed by atoms with Crippen LogP contribution in [0.3, 0.4) is 0 Å². The lowest BCUT2D eigenvalue weighted by Gasteiger charge is -2.57. The van der Waals surface area contributed by atoms with E-state index in [-0.39, 0.29) is 56.3 Å². The van der Waals surface area contributed by atoms with E-state index in [1.165, 1.54) is 11.8 Å². The van der Waals surface area contributed by atoms with Crippen molar-refractivity contribution in [1.82, 2.24) is 5.32 Å². The minimum Gasteiger partial charge on any atom is -0.748 e. The lowest BCUT2D eigenvalue weighted by atomic mass is 9.48. The molecule has 0 saturated heterocycles. The van der Waals surface area contributed by atoms with Crippen LogP contribution in [-0.4, -0.2) is 89.3 Å². The molecule has 0 spiro atoms. The summed E-state index contributed by atoms with van der Waals surface area (Å²) in [6.07, 6.45) is 2.97. The van der Waals surface area contributed by atoms with E-state index in [0.29, 0.717) is 65.2 Å². The van der Waals surface area contributed by atoms with Gasteiger partial charge in [-0.25, -0.2) is 17.2 Å². The molecular weight excluding hydrogens is 1040 g/mol. The van der Waals surface area contributed by atoms with Crippen molar-refractivity contribution >= 4 is 61.1 Å². The first-order valence-corrected chi connectivity index (χ1v) is 30.1. The molecule has 17 heteroatoms. The Morgan fingerprint density at radius 1 is 0.787 bits per heavy atom. The fourth-order valence-electron chi connectivity index (χ4n) is 11.0. The Morgan fingerprint density at radius 3 is 1.81 bits per heavy atom. The van der Waals surface area contributed by atoms with Gasteiger partial charge in [0.15, 0.2) is 17.4 Å². The standard InChI is InChI=1S/C58H83F4N3O6S4/c1-14-55(9,53(5,6)39-56(10,57(11,15-2)74-51(72)42-30-22-19-23-31-42)52(67)64-32-26-33-65(12,13)34-27-37-75(68,69)70)43(38-58(16-3,17-4)54(7,8)40-63)44-45(59)47(61)49(48(62)46(44)60)71-35-24-25-36-73-50(66)41-28-20-18-21-29-41/h18-23,28-31,43H,14-17,24-27,32-39H2,1-13H3,(H-,64,67,68,69,70). The number of hydrogen-bond donors (Lipinski definition) is 1. The van der Waals surface area contributed by atoms with Gasteiger partial charge >= 0.3 is 0 Å². The summed E-state index contributed by atoms with van der Waals surface area (Å²) in [6, 6.07) is 20.6. The van der Waals surface area contributed by atoms with Crippen LogP contribution in [0.4, 0.5) is 17.6 Å². The summed E-state index contributed by atoms with van der Waals surface area (Å²) in [7, 11) is -0.505. The molecule has 0 fully saturated rings. The molecule has 4 atom stereocenters. The zero-order valence-electron chi connectivity index (χ0n) is 46.7. The van der Waals surface area contributed by atoms with Crippen LogP contribution >= 0.6 is 35.7 Å². The highest BCUT2D eigenvalue weighted by Crippen LogP contribution is 2.64. The van der Waals surface area contributed by atoms with E-state index >= 15 is 22.4 Å². The van der Waals surface area contributed by atoms with Crippen LogP contribution in [0, 0.1) is 61.7 Å². The molecule has 0 aliphatic rings. The highest BCUT2D eigenvalue weighted by molar-refractivity contribution is 8.24. The number of nitriles is 1. The van der Waals surface area contributed by atoms with Crippen molar-refractivity contribution in [3.8, 4) is 11.8 Å². The molecule has 0 aliphatic carbocycles. The number of halogens is 4. The third-order valence-corrected chi connectivity index (χ3v) is 21.0. The number of thiocarbonyl (C=S) groups is 1. The fraction of sp³-hybridized carbons (Fsp3) is 0.621. The number of carbonyl (C=O) groups is 2. The van der Waals surface area contributed by atoms with Gasteiger partial charge in [0.2, 0.25) is 22.7 Å². The third kappa shape index (κ3) is 16.1. The first kappa shape index (κ1) is 65.8. The van der Waals surface area contributed by atoms with Gasteiger partial charge in [-0.15, -0.1) is 11.8 Å². The summed E-state index contributed by atoms with van der Waals surface area (Å²) < 4.78 is 107. The van der Waals surface area contributed by atoms with Gasteiger partial charge in [-0.3, -0.25) is 9.59 Å². The van der Waals surface area contributed by atoms with E-state index in [1.54, 1.807) is 44.2 Å². The molecule has 3 aromatic rings. The lowest BCUT2D eigenvalue weighted by Crippen LogP contribution is -2.57. The number of nitrogens with one attached hydrogen (secondary N) is 1. The lowest BCUT2D eigenvalue weighted by molar-refractivity contribution is -0.890. The van der Waals surface area contributed by atoms with Gasteiger partial charge in [0, 0.05) is 46.8 Å². The monoisotopic (exact) mass is 1120 g/mol. The molecule has 0 radical (unpaired) electrons. The molecular formula is C58H83F4N3O6S4. The Kier molecular flexibility index (Phi) is 24.0. The molecule has 4 unspecified atom stereocenters. The summed E-state index contributed by atoms with van der Waals surface area (Å²) in [5.74, 6) is -9.27. The first-order chi connectivity index (χ1) is 34.8. The Morgan fingerprint density at radius 2 is 1.32 bits per heavy atom. The predicted molar refractivity (Wildman–Crippen MR) is 302 cm³/mol. The number of benzene rings is 3. The van der Waals surface area contributed by atoms with Crippen molar-refractivity contribution in [3.63, 3.8) is 0 Å². The van der Waals surface area contributed by atoms with Crippen molar-refractivity contribution in [2.45, 2.75) is 151 Å². The molecule has 0 heterocycles. The molecule has 9 nitrogen and oxygen atoms in total. The zero-order chi connectivity index (χ0) is 56.8. The van der Waals surface area contributed by atoms with Crippen molar-refractivity contribution < 1.29 is 49.3 Å². The van der Waals surface area contributed by atoms with E-state index in [1.807, 2.05) is 107 Å². The van der Waals surface area contributed by atoms with Crippen LogP contribution in [0.2, 0.25) is 0 Å². The third-order valence-electron chi connectivity index (χ3n) is 17.1. The van der Waals surface area contributed by atoms with Crippen LogP contribution in [-0.2, 0) is 14.9 Å². The number of unbranched alkanes of at least 4 members (excludes halogenated alkanes) is 1.